The molecule has 0 bridgehead atoms. The monoisotopic (exact) mass is 542 g/mol. The Labute approximate surface area is 223 Å². The molecule has 4 rings (SSSR count). The van der Waals surface area contributed by atoms with E-state index in [-0.39, 0.29) is 36.0 Å². The van der Waals surface area contributed by atoms with Crippen LogP contribution in [0.15, 0.2) is 77.7 Å². The van der Waals surface area contributed by atoms with Gasteiger partial charge in [0.2, 0.25) is 15.9 Å². The number of carbonyl (C=O) groups excluding carboxylic acids is 1. The Morgan fingerprint density at radius 3 is 2.30 bits per heavy atom. The quantitative estimate of drug-likeness (QED) is 0.366. The molecule has 0 spiro atoms. The molecule has 196 valence electrons. The van der Waals surface area contributed by atoms with Crippen molar-refractivity contribution in [2.45, 2.75) is 56.5 Å². The highest BCUT2D eigenvalue weighted by Crippen LogP contribution is 2.30. The van der Waals surface area contributed by atoms with Gasteiger partial charge in [-0.15, -0.1) is 0 Å². The number of amides is 1. The van der Waals surface area contributed by atoms with Crippen molar-refractivity contribution in [1.29, 1.82) is 0 Å². The molecule has 1 aliphatic rings. The average Bonchev–Trinajstić information content (AvgIpc) is 2.88. The molecule has 1 fully saturated rings. The molecule has 1 amide bonds. The molecule has 3 aromatic rings. The lowest BCUT2D eigenvalue weighted by atomic mass is 9.86. The second-order valence-corrected chi connectivity index (χ2v) is 12.1. The van der Waals surface area contributed by atoms with Crippen molar-refractivity contribution in [2.24, 2.45) is 5.92 Å². The van der Waals surface area contributed by atoms with E-state index in [9.17, 15) is 17.6 Å². The maximum absolute atomic E-state index is 14.7. The summed E-state index contributed by atoms with van der Waals surface area (Å²) < 4.78 is 43.2. The molecule has 37 heavy (non-hydrogen) atoms. The highest BCUT2D eigenvalue weighted by Gasteiger charge is 2.32. The van der Waals surface area contributed by atoms with Crippen LogP contribution >= 0.6 is 11.6 Å². The van der Waals surface area contributed by atoms with Crippen LogP contribution in [0.5, 0.6) is 0 Å². The van der Waals surface area contributed by atoms with Gasteiger partial charge in [0.25, 0.3) is 0 Å². The average molecular weight is 543 g/mol. The highest BCUT2D eigenvalue weighted by atomic mass is 35.5. The highest BCUT2D eigenvalue weighted by molar-refractivity contribution is 7.89. The zero-order valence-electron chi connectivity index (χ0n) is 20.9. The van der Waals surface area contributed by atoms with Crippen molar-refractivity contribution in [3.63, 3.8) is 0 Å². The number of sulfonamides is 1. The van der Waals surface area contributed by atoms with E-state index in [1.165, 1.54) is 22.5 Å². The van der Waals surface area contributed by atoms with E-state index in [4.69, 9.17) is 11.6 Å². The minimum absolute atomic E-state index is 0.00276. The summed E-state index contributed by atoms with van der Waals surface area (Å²) in [7, 11) is -4.12. The summed E-state index contributed by atoms with van der Waals surface area (Å²) in [6, 6.07) is 21.3. The number of hydrogen-bond donors (Lipinski definition) is 1. The lowest BCUT2D eigenvalue weighted by Gasteiger charge is -2.33. The van der Waals surface area contributed by atoms with E-state index in [0.29, 0.717) is 6.42 Å². The third-order valence-corrected chi connectivity index (χ3v) is 9.02. The van der Waals surface area contributed by atoms with Crippen molar-refractivity contribution in [3.8, 4) is 0 Å². The van der Waals surface area contributed by atoms with E-state index in [1.807, 2.05) is 61.5 Å². The number of halogens is 2. The molecule has 0 aromatic heterocycles. The van der Waals surface area contributed by atoms with Crippen molar-refractivity contribution >= 4 is 27.5 Å². The van der Waals surface area contributed by atoms with Gasteiger partial charge in [-0.3, -0.25) is 4.79 Å². The molecule has 3 aromatic carbocycles. The van der Waals surface area contributed by atoms with Crippen LogP contribution in [-0.4, -0.2) is 31.2 Å². The molecule has 0 aliphatic heterocycles. The van der Waals surface area contributed by atoms with Gasteiger partial charge in [-0.2, -0.15) is 4.31 Å². The summed E-state index contributed by atoms with van der Waals surface area (Å²) in [5, 5.41) is 2.91. The first kappa shape index (κ1) is 27.3. The molecule has 8 heteroatoms. The predicted molar refractivity (Wildman–Crippen MR) is 144 cm³/mol. The summed E-state index contributed by atoms with van der Waals surface area (Å²) in [6.07, 6.45) is 3.43. The molecule has 0 heterocycles. The number of aryl methyl sites for hydroxylation is 1. The molecule has 5 nitrogen and oxygen atoms in total. The van der Waals surface area contributed by atoms with E-state index < -0.39 is 20.7 Å². The number of benzene rings is 3. The Bertz CT molecular complexity index is 1310. The van der Waals surface area contributed by atoms with E-state index >= 15 is 0 Å². The third kappa shape index (κ3) is 7.18. The minimum Gasteiger partial charge on any atom is -0.353 e. The fraction of sp³-hybridized carbons (Fsp3) is 0.345. The van der Waals surface area contributed by atoms with Crippen molar-refractivity contribution in [1.82, 2.24) is 9.62 Å². The molecule has 1 N–H and O–H groups in total. The third-order valence-electron chi connectivity index (χ3n) is 6.89. The maximum Gasteiger partial charge on any atom is 0.246 e. The van der Waals surface area contributed by atoms with Crippen LogP contribution in [0, 0.1) is 18.7 Å². The Hall–Kier alpha value is -2.74. The number of nitrogens with one attached hydrogen (secondary N) is 1. The number of nitrogens with zero attached hydrogens (tertiary/aromatic N) is 1. The molecule has 0 radical (unpaired) electrons. The Morgan fingerprint density at radius 2 is 1.62 bits per heavy atom. The van der Waals surface area contributed by atoms with Crippen LogP contribution in [0.3, 0.4) is 0 Å². The topological polar surface area (TPSA) is 66.5 Å². The summed E-state index contributed by atoms with van der Waals surface area (Å²) in [5.74, 6) is -0.828. The second kappa shape index (κ2) is 12.2. The standard InChI is InChI=1S/C29H32ClFN2O3S/c1-21-10-12-22(13-11-21)18-28(34)32-25-16-14-24(15-17-25)20-33(19-23-6-3-2-4-7-23)37(35,36)27-9-5-8-26(30)29(27)31/h2-13,24-25H,14-20H2,1H3,(H,32,34). The van der Waals surface area contributed by atoms with Gasteiger partial charge < -0.3 is 5.32 Å². The summed E-state index contributed by atoms with van der Waals surface area (Å²) >= 11 is 5.90. The number of carbonyl (C=O) groups is 1. The SMILES string of the molecule is Cc1ccc(CC(=O)NC2CCC(CN(Cc3ccccc3)S(=O)(=O)c3cccc(Cl)c3F)CC2)cc1. The van der Waals surface area contributed by atoms with Crippen molar-refractivity contribution in [3.05, 3.63) is 100 Å². The lowest BCUT2D eigenvalue weighted by Crippen LogP contribution is -2.41. The fourth-order valence-electron chi connectivity index (χ4n) is 4.80. The zero-order valence-corrected chi connectivity index (χ0v) is 22.4. The van der Waals surface area contributed by atoms with Gasteiger partial charge in [0.05, 0.1) is 11.4 Å². The molecular formula is C29H32ClFN2O3S. The Morgan fingerprint density at radius 1 is 0.946 bits per heavy atom. The second-order valence-electron chi connectivity index (χ2n) is 9.78. The van der Waals surface area contributed by atoms with Crippen molar-refractivity contribution in [2.75, 3.05) is 6.54 Å². The van der Waals surface area contributed by atoms with Crippen LogP contribution < -0.4 is 5.32 Å². The van der Waals surface area contributed by atoms with Crippen molar-refractivity contribution < 1.29 is 17.6 Å². The van der Waals surface area contributed by atoms with Gasteiger partial charge in [-0.05, 0) is 61.8 Å². The molecule has 0 atom stereocenters. The normalized spacial score (nSPS) is 18.1. The van der Waals surface area contributed by atoms with Gasteiger partial charge in [0.1, 0.15) is 4.90 Å². The predicted octanol–water partition coefficient (Wildman–Crippen LogP) is 5.90. The minimum atomic E-state index is -4.12. The molecule has 0 saturated heterocycles. The molecule has 1 aliphatic carbocycles. The maximum atomic E-state index is 14.7. The van der Waals surface area contributed by atoms with Crippen LogP contribution in [0.4, 0.5) is 4.39 Å². The van der Waals surface area contributed by atoms with Crippen LogP contribution in [-0.2, 0) is 27.8 Å². The van der Waals surface area contributed by atoms with Gasteiger partial charge in [0, 0.05) is 19.1 Å². The van der Waals surface area contributed by atoms with Gasteiger partial charge >= 0.3 is 0 Å². The number of rotatable bonds is 9. The van der Waals surface area contributed by atoms with Gasteiger partial charge in [0.15, 0.2) is 5.82 Å². The molecule has 0 unspecified atom stereocenters. The van der Waals surface area contributed by atoms with E-state index in [1.54, 1.807) is 0 Å². The van der Waals surface area contributed by atoms with Gasteiger partial charge in [-0.25, -0.2) is 12.8 Å². The summed E-state index contributed by atoms with van der Waals surface area (Å²) in [5.41, 5.74) is 2.96. The van der Waals surface area contributed by atoms with Crippen LogP contribution in [0.25, 0.3) is 0 Å². The first-order chi connectivity index (χ1) is 17.7. The first-order valence-electron chi connectivity index (χ1n) is 12.6. The molecule has 1 saturated carbocycles. The summed E-state index contributed by atoms with van der Waals surface area (Å²) in [4.78, 5) is 12.1. The van der Waals surface area contributed by atoms with E-state index in [0.717, 1.165) is 42.4 Å². The smallest absolute Gasteiger partial charge is 0.246 e. The summed E-state index contributed by atoms with van der Waals surface area (Å²) in [6.45, 7) is 2.43. The largest absolute Gasteiger partial charge is 0.353 e. The van der Waals surface area contributed by atoms with Crippen LogP contribution in [0.1, 0.15) is 42.4 Å². The Kier molecular flexibility index (Phi) is 9.00. The van der Waals surface area contributed by atoms with Crippen LogP contribution in [0.2, 0.25) is 5.02 Å². The lowest BCUT2D eigenvalue weighted by molar-refractivity contribution is -0.121. The number of hydrogen-bond acceptors (Lipinski definition) is 3. The van der Waals surface area contributed by atoms with Gasteiger partial charge in [-0.1, -0.05) is 77.8 Å². The first-order valence-corrected chi connectivity index (χ1v) is 14.4. The zero-order chi connectivity index (χ0) is 26.4. The Balaban J connectivity index is 1.41. The molecular weight excluding hydrogens is 511 g/mol. The van der Waals surface area contributed by atoms with E-state index in [2.05, 4.69) is 5.32 Å². The fourth-order valence-corrected chi connectivity index (χ4v) is 6.63.